The Morgan fingerprint density at radius 1 is 0.889 bits per heavy atom. The lowest BCUT2D eigenvalue weighted by atomic mass is 9.73. The fraction of sp³-hybridized carbons (Fsp3) is 0.233. The molecule has 6 heteroatoms. The molecule has 0 saturated heterocycles. The van der Waals surface area contributed by atoms with E-state index >= 15 is 0 Å². The van der Waals surface area contributed by atoms with Gasteiger partial charge in [0.1, 0.15) is 0 Å². The zero-order valence-corrected chi connectivity index (χ0v) is 20.6. The van der Waals surface area contributed by atoms with E-state index < -0.39 is 12.0 Å². The number of nitrogens with zero attached hydrogens (tertiary/aromatic N) is 1. The van der Waals surface area contributed by atoms with E-state index in [1.54, 1.807) is 41.3 Å². The lowest BCUT2D eigenvalue weighted by Gasteiger charge is -2.37. The molecule has 5 rings (SSSR count). The predicted molar refractivity (Wildman–Crippen MR) is 139 cm³/mol. The van der Waals surface area contributed by atoms with Crippen molar-refractivity contribution in [1.29, 1.82) is 0 Å². The van der Waals surface area contributed by atoms with Crippen LogP contribution >= 0.6 is 0 Å². The zero-order valence-electron chi connectivity index (χ0n) is 20.6. The summed E-state index contributed by atoms with van der Waals surface area (Å²) in [6.45, 7) is 4.17. The number of carbonyl (C=O) groups excluding carboxylic acids is 3. The van der Waals surface area contributed by atoms with E-state index in [2.05, 4.69) is 19.2 Å². The summed E-state index contributed by atoms with van der Waals surface area (Å²) in [4.78, 5) is 41.6. The van der Waals surface area contributed by atoms with Crippen LogP contribution in [0.3, 0.4) is 0 Å². The molecule has 1 atom stereocenters. The van der Waals surface area contributed by atoms with Gasteiger partial charge >= 0.3 is 5.97 Å². The van der Waals surface area contributed by atoms with E-state index in [0.717, 1.165) is 16.9 Å². The van der Waals surface area contributed by atoms with Crippen molar-refractivity contribution in [3.8, 4) is 0 Å². The number of rotatable bonds is 3. The number of amides is 1. The fourth-order valence-corrected chi connectivity index (χ4v) is 5.17. The van der Waals surface area contributed by atoms with Gasteiger partial charge in [-0.05, 0) is 53.8 Å². The van der Waals surface area contributed by atoms with Crippen molar-refractivity contribution in [1.82, 2.24) is 0 Å². The molecule has 1 heterocycles. The standard InChI is InChI=1S/C30H28N2O4/c1-30(2)17-23-26(25(33)18-30)27(19-13-15-21(16-14-19)29(35)36-3)32(24-12-8-7-11-22(24)31-23)28(34)20-9-5-4-6-10-20/h4-16,27,31H,17-18H2,1-3H3. The van der Waals surface area contributed by atoms with Crippen LogP contribution in [0.5, 0.6) is 0 Å². The lowest BCUT2D eigenvalue weighted by Crippen LogP contribution is -2.39. The second-order valence-corrected chi connectivity index (χ2v) is 10.0. The number of hydrogen-bond donors (Lipinski definition) is 1. The Bertz CT molecular complexity index is 1370. The number of fused-ring (bicyclic) bond motifs is 1. The highest BCUT2D eigenvalue weighted by atomic mass is 16.5. The Labute approximate surface area is 210 Å². The molecule has 0 bridgehead atoms. The van der Waals surface area contributed by atoms with Crippen LogP contribution in [0.1, 0.15) is 59.0 Å². The van der Waals surface area contributed by atoms with Crippen LogP contribution in [0.15, 0.2) is 90.1 Å². The largest absolute Gasteiger partial charge is 0.465 e. The third-order valence-corrected chi connectivity index (χ3v) is 6.79. The second kappa shape index (κ2) is 9.11. The monoisotopic (exact) mass is 480 g/mol. The van der Waals surface area contributed by atoms with Gasteiger partial charge in [-0.15, -0.1) is 0 Å². The van der Waals surface area contributed by atoms with Crippen molar-refractivity contribution in [3.63, 3.8) is 0 Å². The fourth-order valence-electron chi connectivity index (χ4n) is 5.17. The van der Waals surface area contributed by atoms with Gasteiger partial charge in [-0.3, -0.25) is 14.5 Å². The van der Waals surface area contributed by atoms with Crippen molar-refractivity contribution < 1.29 is 19.1 Å². The molecule has 3 aromatic carbocycles. The topological polar surface area (TPSA) is 75.7 Å². The number of benzene rings is 3. The average molecular weight is 481 g/mol. The Balaban J connectivity index is 1.76. The van der Waals surface area contributed by atoms with Crippen molar-refractivity contribution in [2.24, 2.45) is 5.41 Å². The van der Waals surface area contributed by atoms with E-state index in [4.69, 9.17) is 4.74 Å². The van der Waals surface area contributed by atoms with Crippen molar-refractivity contribution in [2.45, 2.75) is 32.7 Å². The molecule has 3 aromatic rings. The number of anilines is 2. The van der Waals surface area contributed by atoms with E-state index in [-0.39, 0.29) is 17.1 Å². The first-order valence-corrected chi connectivity index (χ1v) is 12.0. The number of allylic oxidation sites excluding steroid dienone is 1. The maximum absolute atomic E-state index is 14.1. The number of esters is 1. The zero-order chi connectivity index (χ0) is 25.4. The summed E-state index contributed by atoms with van der Waals surface area (Å²) >= 11 is 0. The van der Waals surface area contributed by atoms with Crippen molar-refractivity contribution in [2.75, 3.05) is 17.3 Å². The molecule has 0 saturated carbocycles. The molecule has 1 unspecified atom stereocenters. The third kappa shape index (κ3) is 4.19. The highest BCUT2D eigenvalue weighted by molar-refractivity contribution is 6.12. The Kier molecular flexibility index (Phi) is 5.96. The van der Waals surface area contributed by atoms with Gasteiger partial charge in [0.25, 0.3) is 5.91 Å². The van der Waals surface area contributed by atoms with E-state index in [9.17, 15) is 14.4 Å². The highest BCUT2D eigenvalue weighted by Gasteiger charge is 2.43. The maximum Gasteiger partial charge on any atom is 0.337 e. The van der Waals surface area contributed by atoms with E-state index in [0.29, 0.717) is 35.2 Å². The van der Waals surface area contributed by atoms with Gasteiger partial charge in [0.2, 0.25) is 0 Å². The number of Topliss-reactive ketones (excluding diaryl/α,β-unsaturated/α-hetero) is 1. The van der Waals surface area contributed by atoms with Gasteiger partial charge in [0.05, 0.1) is 30.1 Å². The molecule has 0 fully saturated rings. The first kappa shape index (κ1) is 23.5. The molecule has 36 heavy (non-hydrogen) atoms. The summed E-state index contributed by atoms with van der Waals surface area (Å²) < 4.78 is 4.85. The second-order valence-electron chi connectivity index (χ2n) is 10.0. The van der Waals surface area contributed by atoms with Crippen LogP contribution in [0.25, 0.3) is 0 Å². The number of carbonyl (C=O) groups is 3. The Morgan fingerprint density at radius 2 is 1.56 bits per heavy atom. The number of methoxy groups -OCH3 is 1. The first-order chi connectivity index (χ1) is 17.3. The SMILES string of the molecule is COC(=O)c1ccc(C2C3=C(CC(C)(C)CC3=O)Nc3ccccc3N2C(=O)c2ccccc2)cc1. The molecule has 1 aliphatic heterocycles. The van der Waals surface area contributed by atoms with Gasteiger partial charge < -0.3 is 10.1 Å². The average Bonchev–Trinajstić information content (AvgIpc) is 3.02. The smallest absolute Gasteiger partial charge is 0.337 e. The number of ether oxygens (including phenoxy) is 1. The number of para-hydroxylation sites is 2. The van der Waals surface area contributed by atoms with Crippen molar-refractivity contribution >= 4 is 29.0 Å². The van der Waals surface area contributed by atoms with E-state index in [1.807, 2.05) is 42.5 Å². The number of ketones is 1. The molecule has 1 aliphatic carbocycles. The van der Waals surface area contributed by atoms with Gasteiger partial charge in [-0.2, -0.15) is 0 Å². The normalized spacial score (nSPS) is 18.5. The summed E-state index contributed by atoms with van der Waals surface area (Å²) in [6.07, 6.45) is 1.06. The summed E-state index contributed by atoms with van der Waals surface area (Å²) in [6, 6.07) is 23.0. The number of hydrogen-bond acceptors (Lipinski definition) is 5. The predicted octanol–water partition coefficient (Wildman–Crippen LogP) is 5.93. The van der Waals surface area contributed by atoms with E-state index in [1.165, 1.54) is 7.11 Å². The van der Waals surface area contributed by atoms with Crippen LogP contribution < -0.4 is 10.2 Å². The summed E-state index contributed by atoms with van der Waals surface area (Å²) in [5.41, 5.74) is 4.33. The van der Waals surface area contributed by atoms with Gasteiger partial charge in [0.15, 0.2) is 5.78 Å². The Hall–Kier alpha value is -4.19. The highest BCUT2D eigenvalue weighted by Crippen LogP contribution is 2.48. The van der Waals surface area contributed by atoms with Crippen LogP contribution in [0, 0.1) is 5.41 Å². The van der Waals surface area contributed by atoms with Gasteiger partial charge in [0, 0.05) is 23.3 Å². The molecule has 182 valence electrons. The molecule has 1 amide bonds. The summed E-state index contributed by atoms with van der Waals surface area (Å²) in [7, 11) is 1.34. The maximum atomic E-state index is 14.1. The van der Waals surface area contributed by atoms with Crippen LogP contribution in [0.4, 0.5) is 11.4 Å². The molecule has 2 aliphatic rings. The molecule has 0 radical (unpaired) electrons. The minimum atomic E-state index is -0.667. The van der Waals surface area contributed by atoms with Gasteiger partial charge in [-0.1, -0.05) is 56.3 Å². The summed E-state index contributed by atoms with van der Waals surface area (Å²) in [5, 5.41) is 3.51. The molecule has 1 N–H and O–H groups in total. The Morgan fingerprint density at radius 3 is 2.25 bits per heavy atom. The third-order valence-electron chi connectivity index (χ3n) is 6.79. The van der Waals surface area contributed by atoms with Gasteiger partial charge in [-0.25, -0.2) is 4.79 Å². The van der Waals surface area contributed by atoms with Crippen LogP contribution in [0.2, 0.25) is 0 Å². The van der Waals surface area contributed by atoms with Crippen LogP contribution in [-0.2, 0) is 9.53 Å². The summed E-state index contributed by atoms with van der Waals surface area (Å²) in [5.74, 6) is -0.644. The van der Waals surface area contributed by atoms with Crippen molar-refractivity contribution in [3.05, 3.63) is 107 Å². The quantitative estimate of drug-likeness (QED) is 0.470. The minimum absolute atomic E-state index is 0.00876. The van der Waals surface area contributed by atoms with Crippen LogP contribution in [-0.4, -0.2) is 24.8 Å². The first-order valence-electron chi connectivity index (χ1n) is 12.0. The molecular weight excluding hydrogens is 452 g/mol. The number of nitrogens with one attached hydrogen (secondary N) is 1. The molecule has 0 spiro atoms. The molecule has 0 aromatic heterocycles. The molecular formula is C30H28N2O4. The minimum Gasteiger partial charge on any atom is -0.465 e. The molecule has 6 nitrogen and oxygen atoms in total. The lowest BCUT2D eigenvalue weighted by molar-refractivity contribution is -0.118.